The quantitative estimate of drug-likeness (QED) is 0.870. The number of carboxylic acids is 1. The third kappa shape index (κ3) is 3.36. The lowest BCUT2D eigenvalue weighted by Crippen LogP contribution is -2.19. The van der Waals surface area contributed by atoms with Crippen LogP contribution in [0.4, 0.5) is 5.69 Å². The molecule has 0 radical (unpaired) electrons. The summed E-state index contributed by atoms with van der Waals surface area (Å²) in [4.78, 5) is 11.0. The van der Waals surface area contributed by atoms with Gasteiger partial charge in [-0.2, -0.15) is 0 Å². The Labute approximate surface area is 110 Å². The van der Waals surface area contributed by atoms with Gasteiger partial charge in [0.25, 0.3) is 0 Å². The molecule has 7 heteroatoms. The standard InChI is InChI=1S/C11H12ClNO4S/c12-8-3-4-9(11(14)15)10(5-8)13-18(16,17)6-7-1-2-7/h3-5,7,13H,1-2,6H2,(H,14,15). The molecular formula is C11H12ClNO4S. The molecule has 0 atom stereocenters. The molecule has 0 bridgehead atoms. The fourth-order valence-electron chi connectivity index (χ4n) is 1.59. The number of carboxylic acid groups (broad SMARTS) is 1. The summed E-state index contributed by atoms with van der Waals surface area (Å²) in [5.41, 5.74) is -0.102. The van der Waals surface area contributed by atoms with Gasteiger partial charge >= 0.3 is 5.97 Å². The third-order valence-corrected chi connectivity index (χ3v) is 4.31. The maximum Gasteiger partial charge on any atom is 0.337 e. The van der Waals surface area contributed by atoms with Crippen LogP contribution in [0.15, 0.2) is 18.2 Å². The van der Waals surface area contributed by atoms with Crippen molar-refractivity contribution in [1.82, 2.24) is 0 Å². The van der Waals surface area contributed by atoms with Crippen LogP contribution >= 0.6 is 11.6 Å². The zero-order valence-electron chi connectivity index (χ0n) is 9.39. The summed E-state index contributed by atoms with van der Waals surface area (Å²) in [5.74, 6) is -0.982. The Bertz CT molecular complexity index is 581. The van der Waals surface area contributed by atoms with Crippen LogP contribution in [0.25, 0.3) is 0 Å². The lowest BCUT2D eigenvalue weighted by molar-refractivity contribution is 0.0698. The van der Waals surface area contributed by atoms with Crippen molar-refractivity contribution in [3.05, 3.63) is 28.8 Å². The van der Waals surface area contributed by atoms with Crippen LogP contribution in [0.2, 0.25) is 5.02 Å². The first kappa shape index (κ1) is 13.2. The van der Waals surface area contributed by atoms with Crippen LogP contribution in [0, 0.1) is 5.92 Å². The van der Waals surface area contributed by atoms with Crippen molar-refractivity contribution in [3.63, 3.8) is 0 Å². The van der Waals surface area contributed by atoms with E-state index in [1.807, 2.05) is 0 Å². The topological polar surface area (TPSA) is 83.5 Å². The van der Waals surface area contributed by atoms with E-state index in [1.165, 1.54) is 18.2 Å². The van der Waals surface area contributed by atoms with Crippen LogP contribution in [0.5, 0.6) is 0 Å². The Balaban J connectivity index is 2.26. The second-order valence-corrected chi connectivity index (χ2v) is 6.53. The first-order valence-electron chi connectivity index (χ1n) is 5.41. The molecule has 18 heavy (non-hydrogen) atoms. The highest BCUT2D eigenvalue weighted by atomic mass is 35.5. The van der Waals surface area contributed by atoms with E-state index in [-0.39, 0.29) is 27.9 Å². The zero-order chi connectivity index (χ0) is 13.3. The first-order valence-corrected chi connectivity index (χ1v) is 7.44. The number of hydrogen-bond donors (Lipinski definition) is 2. The summed E-state index contributed by atoms with van der Waals surface area (Å²) in [6.07, 6.45) is 1.81. The van der Waals surface area contributed by atoms with Crippen molar-refractivity contribution in [3.8, 4) is 0 Å². The molecule has 0 unspecified atom stereocenters. The van der Waals surface area contributed by atoms with Crippen LogP contribution in [-0.4, -0.2) is 25.2 Å². The number of rotatable bonds is 5. The molecule has 2 rings (SSSR count). The van der Waals surface area contributed by atoms with Gasteiger partial charge < -0.3 is 5.11 Å². The van der Waals surface area contributed by atoms with E-state index in [0.717, 1.165) is 12.8 Å². The number of anilines is 1. The second kappa shape index (κ2) is 4.78. The van der Waals surface area contributed by atoms with Crippen LogP contribution in [-0.2, 0) is 10.0 Å². The normalized spacial score (nSPS) is 15.4. The molecule has 0 heterocycles. The van der Waals surface area contributed by atoms with Gasteiger partial charge in [-0.1, -0.05) is 11.6 Å². The Morgan fingerprint density at radius 1 is 1.44 bits per heavy atom. The SMILES string of the molecule is O=C(O)c1ccc(Cl)cc1NS(=O)(=O)CC1CC1. The minimum absolute atomic E-state index is 0.00986. The number of carbonyl (C=O) groups is 1. The monoisotopic (exact) mass is 289 g/mol. The summed E-state index contributed by atoms with van der Waals surface area (Å²) >= 11 is 5.74. The summed E-state index contributed by atoms with van der Waals surface area (Å²) in [6, 6.07) is 3.98. The van der Waals surface area contributed by atoms with Gasteiger partial charge in [0, 0.05) is 5.02 Å². The molecule has 2 N–H and O–H groups in total. The van der Waals surface area contributed by atoms with Gasteiger partial charge in [0.05, 0.1) is 17.0 Å². The van der Waals surface area contributed by atoms with Gasteiger partial charge in [0.15, 0.2) is 0 Å². The van der Waals surface area contributed by atoms with Crippen LogP contribution in [0.3, 0.4) is 0 Å². The molecule has 98 valence electrons. The molecule has 1 fully saturated rings. The Kier molecular flexibility index (Phi) is 3.49. The first-order chi connectivity index (χ1) is 8.37. The lowest BCUT2D eigenvalue weighted by atomic mass is 10.2. The number of hydrogen-bond acceptors (Lipinski definition) is 3. The third-order valence-electron chi connectivity index (χ3n) is 2.63. The zero-order valence-corrected chi connectivity index (χ0v) is 11.0. The molecule has 0 amide bonds. The number of benzene rings is 1. The van der Waals surface area contributed by atoms with Gasteiger partial charge in [-0.05, 0) is 37.0 Å². The molecule has 0 aliphatic heterocycles. The van der Waals surface area contributed by atoms with E-state index in [4.69, 9.17) is 16.7 Å². The van der Waals surface area contributed by atoms with E-state index in [2.05, 4.69) is 4.72 Å². The molecular weight excluding hydrogens is 278 g/mol. The maximum absolute atomic E-state index is 11.8. The Hall–Kier alpha value is -1.27. The van der Waals surface area contributed by atoms with Gasteiger partial charge in [-0.15, -0.1) is 0 Å². The van der Waals surface area contributed by atoms with Crippen molar-refractivity contribution >= 4 is 33.3 Å². The minimum Gasteiger partial charge on any atom is -0.478 e. The minimum atomic E-state index is -3.52. The largest absolute Gasteiger partial charge is 0.478 e. The lowest BCUT2D eigenvalue weighted by Gasteiger charge is -2.10. The second-order valence-electron chi connectivity index (χ2n) is 4.32. The molecule has 5 nitrogen and oxygen atoms in total. The molecule has 1 aromatic rings. The molecule has 0 saturated heterocycles. The number of aromatic carboxylic acids is 1. The van der Waals surface area contributed by atoms with Crippen LogP contribution in [0.1, 0.15) is 23.2 Å². The summed E-state index contributed by atoms with van der Waals surface area (Å²) in [5, 5.41) is 9.25. The molecule has 1 aliphatic carbocycles. The van der Waals surface area contributed by atoms with Gasteiger partial charge in [-0.3, -0.25) is 4.72 Å². The molecule has 1 saturated carbocycles. The van der Waals surface area contributed by atoms with E-state index >= 15 is 0 Å². The molecule has 1 aromatic carbocycles. The Morgan fingerprint density at radius 2 is 2.11 bits per heavy atom. The van der Waals surface area contributed by atoms with Crippen LogP contribution < -0.4 is 4.72 Å². The van der Waals surface area contributed by atoms with Gasteiger partial charge in [0.2, 0.25) is 10.0 Å². The van der Waals surface area contributed by atoms with E-state index < -0.39 is 16.0 Å². The number of nitrogens with one attached hydrogen (secondary N) is 1. The van der Waals surface area contributed by atoms with E-state index in [0.29, 0.717) is 0 Å². The fourth-order valence-corrected chi connectivity index (χ4v) is 3.30. The predicted octanol–water partition coefficient (Wildman–Crippen LogP) is 2.19. The van der Waals surface area contributed by atoms with Crippen molar-refractivity contribution < 1.29 is 18.3 Å². The number of sulfonamides is 1. The maximum atomic E-state index is 11.8. The molecule has 0 aromatic heterocycles. The van der Waals surface area contributed by atoms with Gasteiger partial charge in [-0.25, -0.2) is 13.2 Å². The van der Waals surface area contributed by atoms with Crippen molar-refractivity contribution in [1.29, 1.82) is 0 Å². The highest BCUT2D eigenvalue weighted by Crippen LogP contribution is 2.31. The highest BCUT2D eigenvalue weighted by Gasteiger charge is 2.28. The smallest absolute Gasteiger partial charge is 0.337 e. The average molecular weight is 290 g/mol. The fraction of sp³-hybridized carbons (Fsp3) is 0.364. The van der Waals surface area contributed by atoms with Gasteiger partial charge in [0.1, 0.15) is 0 Å². The van der Waals surface area contributed by atoms with Crippen molar-refractivity contribution in [2.45, 2.75) is 12.8 Å². The Morgan fingerprint density at radius 3 is 2.67 bits per heavy atom. The summed E-state index contributed by atoms with van der Waals surface area (Å²) < 4.78 is 25.9. The van der Waals surface area contributed by atoms with E-state index in [1.54, 1.807) is 0 Å². The number of halogens is 1. The van der Waals surface area contributed by atoms with E-state index in [9.17, 15) is 13.2 Å². The van der Waals surface area contributed by atoms with Crippen molar-refractivity contribution in [2.24, 2.45) is 5.92 Å². The highest BCUT2D eigenvalue weighted by molar-refractivity contribution is 7.92. The predicted molar refractivity (Wildman–Crippen MR) is 68.5 cm³/mol. The average Bonchev–Trinajstić information content (AvgIpc) is 2.99. The molecule has 0 spiro atoms. The molecule has 1 aliphatic rings. The summed E-state index contributed by atoms with van der Waals surface area (Å²) in [7, 11) is -3.52. The summed E-state index contributed by atoms with van der Waals surface area (Å²) in [6.45, 7) is 0. The van der Waals surface area contributed by atoms with Crippen molar-refractivity contribution in [2.75, 3.05) is 10.5 Å².